The van der Waals surface area contributed by atoms with Crippen LogP contribution >= 0.6 is 11.6 Å². The zero-order chi connectivity index (χ0) is 23.3. The monoisotopic (exact) mass is 472 g/mol. The number of anilines is 1. The zero-order valence-electron chi connectivity index (χ0n) is 17.6. The van der Waals surface area contributed by atoms with Crippen molar-refractivity contribution in [3.63, 3.8) is 0 Å². The average molecular weight is 473 g/mol. The van der Waals surface area contributed by atoms with E-state index in [0.29, 0.717) is 28.6 Å². The van der Waals surface area contributed by atoms with Gasteiger partial charge in [0.15, 0.2) is 11.5 Å². The fourth-order valence-corrected chi connectivity index (χ4v) is 3.37. The van der Waals surface area contributed by atoms with Crippen LogP contribution in [0.5, 0.6) is 11.5 Å². The van der Waals surface area contributed by atoms with Crippen molar-refractivity contribution >= 4 is 33.6 Å². The second kappa shape index (κ2) is 10.3. The van der Waals surface area contributed by atoms with Gasteiger partial charge in [0, 0.05) is 29.2 Å². The number of ether oxygens (including phenoxy) is 2. The number of benzene rings is 2. The first-order valence-corrected chi connectivity index (χ1v) is 10.9. The lowest BCUT2D eigenvalue weighted by atomic mass is 9.95. The van der Waals surface area contributed by atoms with Crippen LogP contribution in [0.15, 0.2) is 36.4 Å². The number of rotatable bonds is 4. The SMILES string of the molecule is COc1cc2c(cc1OC)N(C(=O)c1ccc(Cl)cc1)CC(N(C)C)C2.O=S(=O)(O)O. The van der Waals surface area contributed by atoms with Crippen LogP contribution in [0.3, 0.4) is 0 Å². The average Bonchev–Trinajstić information content (AvgIpc) is 2.70. The minimum atomic E-state index is -4.67. The Morgan fingerprint density at radius 1 is 1.10 bits per heavy atom. The molecular formula is C20H25ClN2O7S. The number of carbonyl (C=O) groups excluding carboxylic acids is 1. The first-order chi connectivity index (χ1) is 14.4. The standard InChI is InChI=1S/C20H23ClN2O3.H2O4S/c1-22(2)16-9-14-10-18(25-3)19(26-4)11-17(14)23(12-16)20(24)13-5-7-15(21)8-6-13;1-5(2,3)4/h5-8,10-11,16H,9,12H2,1-4H3;(H2,1,2,3,4). The van der Waals surface area contributed by atoms with Crippen molar-refractivity contribution in [2.24, 2.45) is 0 Å². The lowest BCUT2D eigenvalue weighted by Crippen LogP contribution is -2.48. The molecule has 2 aromatic rings. The Kier molecular flexibility index (Phi) is 8.27. The largest absolute Gasteiger partial charge is 0.493 e. The van der Waals surface area contributed by atoms with Gasteiger partial charge in [0.05, 0.1) is 19.9 Å². The molecule has 1 atom stereocenters. The van der Waals surface area contributed by atoms with Gasteiger partial charge >= 0.3 is 10.4 Å². The third kappa shape index (κ3) is 6.81. The van der Waals surface area contributed by atoms with Crippen LogP contribution in [0.1, 0.15) is 15.9 Å². The molecule has 0 radical (unpaired) electrons. The van der Waals surface area contributed by atoms with E-state index in [1.165, 1.54) is 0 Å². The Balaban J connectivity index is 0.000000614. The molecule has 0 spiro atoms. The van der Waals surface area contributed by atoms with Crippen molar-refractivity contribution in [1.82, 2.24) is 4.90 Å². The van der Waals surface area contributed by atoms with Crippen LogP contribution < -0.4 is 14.4 Å². The van der Waals surface area contributed by atoms with Crippen molar-refractivity contribution in [3.05, 3.63) is 52.5 Å². The number of hydrogen-bond donors (Lipinski definition) is 2. The molecule has 0 aromatic heterocycles. The Morgan fingerprint density at radius 3 is 2.10 bits per heavy atom. The molecular weight excluding hydrogens is 448 g/mol. The van der Waals surface area contributed by atoms with Gasteiger partial charge in [-0.2, -0.15) is 8.42 Å². The highest BCUT2D eigenvalue weighted by Gasteiger charge is 2.31. The van der Waals surface area contributed by atoms with E-state index in [4.69, 9.17) is 38.6 Å². The van der Waals surface area contributed by atoms with Crippen molar-refractivity contribution in [1.29, 1.82) is 0 Å². The lowest BCUT2D eigenvalue weighted by molar-refractivity contribution is 0.0975. The maximum atomic E-state index is 13.2. The highest BCUT2D eigenvalue weighted by molar-refractivity contribution is 7.79. The highest BCUT2D eigenvalue weighted by atomic mass is 35.5. The summed E-state index contributed by atoms with van der Waals surface area (Å²) in [6.45, 7) is 0.608. The van der Waals surface area contributed by atoms with E-state index in [1.807, 2.05) is 31.1 Å². The summed E-state index contributed by atoms with van der Waals surface area (Å²) < 4.78 is 42.5. The van der Waals surface area contributed by atoms with Gasteiger partial charge in [-0.1, -0.05) is 11.6 Å². The maximum Gasteiger partial charge on any atom is 0.394 e. The van der Waals surface area contributed by atoms with Crippen LogP contribution in [0, 0.1) is 0 Å². The van der Waals surface area contributed by atoms with Crippen molar-refractivity contribution < 1.29 is 31.8 Å². The van der Waals surface area contributed by atoms with Gasteiger partial charge in [0.2, 0.25) is 0 Å². The van der Waals surface area contributed by atoms with Gasteiger partial charge in [-0.25, -0.2) is 0 Å². The van der Waals surface area contributed by atoms with Crippen molar-refractivity contribution in [3.8, 4) is 11.5 Å². The van der Waals surface area contributed by atoms with Gasteiger partial charge in [-0.05, 0) is 56.4 Å². The third-order valence-electron chi connectivity index (χ3n) is 4.79. The number of halogens is 1. The van der Waals surface area contributed by atoms with Crippen LogP contribution in [-0.4, -0.2) is 69.2 Å². The van der Waals surface area contributed by atoms with Gasteiger partial charge in [-0.3, -0.25) is 13.9 Å². The molecule has 0 fully saturated rings. The van der Waals surface area contributed by atoms with E-state index < -0.39 is 10.4 Å². The molecule has 1 heterocycles. The van der Waals surface area contributed by atoms with Gasteiger partial charge < -0.3 is 19.3 Å². The summed E-state index contributed by atoms with van der Waals surface area (Å²) in [6, 6.07) is 11.0. The lowest BCUT2D eigenvalue weighted by Gasteiger charge is -2.38. The topological polar surface area (TPSA) is 117 Å². The molecule has 0 saturated heterocycles. The summed E-state index contributed by atoms with van der Waals surface area (Å²) in [5.74, 6) is 1.23. The normalized spacial score (nSPS) is 15.6. The molecule has 0 saturated carbocycles. The number of fused-ring (bicyclic) bond motifs is 1. The number of methoxy groups -OCH3 is 2. The summed E-state index contributed by atoms with van der Waals surface area (Å²) in [6.07, 6.45) is 0.840. The predicted molar refractivity (Wildman–Crippen MR) is 118 cm³/mol. The fourth-order valence-electron chi connectivity index (χ4n) is 3.24. The predicted octanol–water partition coefficient (Wildman–Crippen LogP) is 2.84. The second-order valence-electron chi connectivity index (χ2n) is 7.03. The Hall–Kier alpha value is -2.37. The van der Waals surface area contributed by atoms with Crippen molar-refractivity contribution in [2.75, 3.05) is 39.8 Å². The second-order valence-corrected chi connectivity index (χ2v) is 8.36. The molecule has 9 nitrogen and oxygen atoms in total. The summed E-state index contributed by atoms with van der Waals surface area (Å²) in [4.78, 5) is 17.1. The third-order valence-corrected chi connectivity index (χ3v) is 5.04. The molecule has 0 bridgehead atoms. The number of amides is 1. The van der Waals surface area contributed by atoms with E-state index >= 15 is 0 Å². The molecule has 170 valence electrons. The first kappa shape index (κ1) is 24.9. The van der Waals surface area contributed by atoms with Gasteiger partial charge in [-0.15, -0.1) is 0 Å². The molecule has 0 aliphatic carbocycles. The Bertz CT molecular complexity index is 1020. The van der Waals surface area contributed by atoms with Crippen LogP contribution in [0.2, 0.25) is 5.02 Å². The number of nitrogens with zero attached hydrogens (tertiary/aromatic N) is 2. The maximum absolute atomic E-state index is 13.2. The highest BCUT2D eigenvalue weighted by Crippen LogP contribution is 2.39. The van der Waals surface area contributed by atoms with Crippen molar-refractivity contribution in [2.45, 2.75) is 12.5 Å². The van der Waals surface area contributed by atoms with E-state index in [1.54, 1.807) is 38.5 Å². The van der Waals surface area contributed by atoms with Crippen LogP contribution in [0.4, 0.5) is 5.69 Å². The van der Waals surface area contributed by atoms with E-state index in [9.17, 15) is 4.79 Å². The van der Waals surface area contributed by atoms with E-state index in [2.05, 4.69) is 4.90 Å². The molecule has 1 amide bonds. The molecule has 11 heteroatoms. The minimum absolute atomic E-state index is 0.0540. The number of carbonyl (C=O) groups is 1. The number of hydrogen-bond acceptors (Lipinski definition) is 6. The van der Waals surface area contributed by atoms with E-state index in [-0.39, 0.29) is 11.9 Å². The molecule has 1 aliphatic heterocycles. The summed E-state index contributed by atoms with van der Waals surface area (Å²) >= 11 is 5.96. The Morgan fingerprint density at radius 2 is 1.61 bits per heavy atom. The quantitative estimate of drug-likeness (QED) is 0.652. The van der Waals surface area contributed by atoms with E-state index in [0.717, 1.165) is 17.7 Å². The first-order valence-electron chi connectivity index (χ1n) is 9.13. The smallest absolute Gasteiger partial charge is 0.394 e. The zero-order valence-corrected chi connectivity index (χ0v) is 19.1. The molecule has 31 heavy (non-hydrogen) atoms. The van der Waals surface area contributed by atoms with Crippen LogP contribution in [-0.2, 0) is 16.8 Å². The fraction of sp³-hybridized carbons (Fsp3) is 0.350. The molecule has 3 rings (SSSR count). The number of likely N-dealkylation sites (N-methyl/N-ethyl adjacent to an activating group) is 1. The summed E-state index contributed by atoms with van der Waals surface area (Å²) in [5, 5.41) is 0.609. The molecule has 2 N–H and O–H groups in total. The van der Waals surface area contributed by atoms with Crippen LogP contribution in [0.25, 0.3) is 0 Å². The molecule has 1 aliphatic rings. The van der Waals surface area contributed by atoms with Gasteiger partial charge in [0.25, 0.3) is 5.91 Å². The minimum Gasteiger partial charge on any atom is -0.493 e. The summed E-state index contributed by atoms with van der Waals surface area (Å²) in [7, 11) is 2.61. The Labute approximate surface area is 186 Å². The molecule has 2 aromatic carbocycles. The molecule has 1 unspecified atom stereocenters. The summed E-state index contributed by atoms with van der Waals surface area (Å²) in [5.41, 5.74) is 2.53. The van der Waals surface area contributed by atoms with Gasteiger partial charge in [0.1, 0.15) is 0 Å².